The fourth-order valence-corrected chi connectivity index (χ4v) is 3.55. The van der Waals surface area contributed by atoms with Gasteiger partial charge in [0.25, 0.3) is 5.91 Å². The summed E-state index contributed by atoms with van der Waals surface area (Å²) in [5, 5.41) is 14.5. The van der Waals surface area contributed by atoms with Gasteiger partial charge in [-0.15, -0.1) is 16.4 Å². The minimum Gasteiger partial charge on any atom is -0.298 e. The van der Waals surface area contributed by atoms with Gasteiger partial charge in [0.05, 0.1) is 5.69 Å². The number of aromatic nitrogens is 5. The van der Waals surface area contributed by atoms with Crippen molar-refractivity contribution in [1.29, 1.82) is 0 Å². The van der Waals surface area contributed by atoms with E-state index in [1.165, 1.54) is 33.5 Å². The molecular formula is C19H16N6OS. The van der Waals surface area contributed by atoms with E-state index >= 15 is 0 Å². The van der Waals surface area contributed by atoms with Gasteiger partial charge in [-0.3, -0.25) is 10.1 Å². The molecule has 7 nitrogen and oxygen atoms in total. The second-order valence-electron chi connectivity index (χ2n) is 6.06. The molecule has 0 saturated carbocycles. The predicted octanol–water partition coefficient (Wildman–Crippen LogP) is 3.27. The van der Waals surface area contributed by atoms with Crippen molar-refractivity contribution >= 4 is 22.4 Å². The molecule has 0 atom stereocenters. The van der Waals surface area contributed by atoms with Crippen LogP contribution in [0, 0.1) is 6.92 Å². The number of aryl methyl sites for hydroxylation is 1. The monoisotopic (exact) mass is 376 g/mol. The topological polar surface area (TPSA) is 85.6 Å². The molecular weight excluding hydrogens is 360 g/mol. The fourth-order valence-electron chi connectivity index (χ4n) is 2.71. The fraction of sp³-hybridized carbons (Fsp3) is 0.105. The number of nitrogens with zero attached hydrogens (tertiary/aromatic N) is 5. The highest BCUT2D eigenvalue weighted by Crippen LogP contribution is 2.22. The van der Waals surface area contributed by atoms with Crippen LogP contribution in [0.25, 0.3) is 5.69 Å². The Labute approximate surface area is 159 Å². The lowest BCUT2D eigenvalue weighted by atomic mass is 10.1. The van der Waals surface area contributed by atoms with E-state index in [9.17, 15) is 4.79 Å². The Morgan fingerprint density at radius 1 is 1.19 bits per heavy atom. The van der Waals surface area contributed by atoms with Gasteiger partial charge in [-0.05, 0) is 41.1 Å². The molecule has 0 aliphatic carbocycles. The normalized spacial score (nSPS) is 10.7. The van der Waals surface area contributed by atoms with Gasteiger partial charge in [0, 0.05) is 23.1 Å². The van der Waals surface area contributed by atoms with Crippen molar-refractivity contribution in [2.75, 3.05) is 5.32 Å². The average Bonchev–Trinajstić information content (AvgIpc) is 3.34. The van der Waals surface area contributed by atoms with Crippen molar-refractivity contribution < 1.29 is 4.79 Å². The lowest BCUT2D eigenvalue weighted by Crippen LogP contribution is -2.12. The standard InChI is InChI=1S/C19H16N6OS/c1-13-4-2-5-14(8-13)9-17-11-20-19(27-17)22-18(26)15-6-3-7-16(10-15)25-12-21-23-24-25/h2-8,10-12H,9H2,1H3,(H,20,22,26). The Kier molecular flexibility index (Phi) is 4.71. The maximum Gasteiger partial charge on any atom is 0.257 e. The Morgan fingerprint density at radius 2 is 2.07 bits per heavy atom. The molecule has 0 radical (unpaired) electrons. The Bertz CT molecular complexity index is 1070. The number of carbonyl (C=O) groups excluding carboxylic acids is 1. The van der Waals surface area contributed by atoms with Gasteiger partial charge in [0.2, 0.25) is 0 Å². The molecule has 134 valence electrons. The van der Waals surface area contributed by atoms with Gasteiger partial charge in [-0.25, -0.2) is 9.67 Å². The van der Waals surface area contributed by atoms with E-state index in [0.29, 0.717) is 16.4 Å². The summed E-state index contributed by atoms with van der Waals surface area (Å²) in [6.45, 7) is 2.07. The van der Waals surface area contributed by atoms with Crippen molar-refractivity contribution in [3.8, 4) is 5.69 Å². The number of anilines is 1. The smallest absolute Gasteiger partial charge is 0.257 e. The third kappa shape index (κ3) is 4.06. The number of carbonyl (C=O) groups is 1. The van der Waals surface area contributed by atoms with Crippen LogP contribution in [0.15, 0.2) is 61.1 Å². The highest BCUT2D eigenvalue weighted by molar-refractivity contribution is 7.15. The largest absolute Gasteiger partial charge is 0.298 e. The van der Waals surface area contributed by atoms with Gasteiger partial charge in [0.1, 0.15) is 6.33 Å². The van der Waals surface area contributed by atoms with E-state index in [-0.39, 0.29) is 5.91 Å². The predicted molar refractivity (Wildman–Crippen MR) is 103 cm³/mol. The number of rotatable bonds is 5. The molecule has 0 saturated heterocycles. The molecule has 0 spiro atoms. The van der Waals surface area contributed by atoms with E-state index in [1.807, 2.05) is 12.1 Å². The molecule has 4 rings (SSSR count). The van der Waals surface area contributed by atoms with Crippen LogP contribution >= 0.6 is 11.3 Å². The highest BCUT2D eigenvalue weighted by Gasteiger charge is 2.11. The third-order valence-electron chi connectivity index (χ3n) is 3.96. The molecule has 0 unspecified atom stereocenters. The highest BCUT2D eigenvalue weighted by atomic mass is 32.1. The second kappa shape index (κ2) is 7.46. The van der Waals surface area contributed by atoms with Crippen molar-refractivity contribution in [3.63, 3.8) is 0 Å². The molecule has 4 aromatic rings. The zero-order valence-electron chi connectivity index (χ0n) is 14.5. The van der Waals surface area contributed by atoms with E-state index in [4.69, 9.17) is 0 Å². The molecule has 2 aromatic carbocycles. The summed E-state index contributed by atoms with van der Waals surface area (Å²) in [6, 6.07) is 15.5. The van der Waals surface area contributed by atoms with Gasteiger partial charge < -0.3 is 0 Å². The van der Waals surface area contributed by atoms with Crippen LogP contribution in [0.1, 0.15) is 26.4 Å². The maximum absolute atomic E-state index is 12.5. The lowest BCUT2D eigenvalue weighted by Gasteiger charge is -2.04. The first-order chi connectivity index (χ1) is 13.2. The summed E-state index contributed by atoms with van der Waals surface area (Å²) in [4.78, 5) is 18.0. The molecule has 0 aliphatic rings. The van der Waals surface area contributed by atoms with Gasteiger partial charge in [-0.1, -0.05) is 35.9 Å². The van der Waals surface area contributed by atoms with Crippen molar-refractivity contribution in [3.05, 3.63) is 82.6 Å². The Hall–Kier alpha value is -3.39. The Balaban J connectivity index is 1.46. The molecule has 0 fully saturated rings. The van der Waals surface area contributed by atoms with E-state index in [2.05, 4.69) is 50.9 Å². The molecule has 2 heterocycles. The summed E-state index contributed by atoms with van der Waals surface area (Å²) in [5.41, 5.74) is 3.68. The molecule has 0 bridgehead atoms. The van der Waals surface area contributed by atoms with Crippen molar-refractivity contribution in [1.82, 2.24) is 25.2 Å². The molecule has 1 amide bonds. The van der Waals surface area contributed by atoms with Gasteiger partial charge in [-0.2, -0.15) is 0 Å². The number of hydrogen-bond donors (Lipinski definition) is 1. The number of nitrogens with one attached hydrogen (secondary N) is 1. The zero-order valence-corrected chi connectivity index (χ0v) is 15.3. The maximum atomic E-state index is 12.5. The van der Waals surface area contributed by atoms with Crippen LogP contribution in [-0.2, 0) is 6.42 Å². The number of tetrazole rings is 1. The minimum absolute atomic E-state index is 0.221. The number of hydrogen-bond acceptors (Lipinski definition) is 6. The summed E-state index contributed by atoms with van der Waals surface area (Å²) in [5.74, 6) is -0.221. The first-order valence-electron chi connectivity index (χ1n) is 8.32. The van der Waals surface area contributed by atoms with Crippen LogP contribution in [-0.4, -0.2) is 31.1 Å². The van der Waals surface area contributed by atoms with E-state index in [1.54, 1.807) is 24.4 Å². The zero-order chi connectivity index (χ0) is 18.6. The number of amides is 1. The van der Waals surface area contributed by atoms with Gasteiger partial charge >= 0.3 is 0 Å². The van der Waals surface area contributed by atoms with Crippen molar-refractivity contribution in [2.45, 2.75) is 13.3 Å². The first-order valence-corrected chi connectivity index (χ1v) is 9.14. The van der Waals surface area contributed by atoms with Crippen LogP contribution in [0.4, 0.5) is 5.13 Å². The summed E-state index contributed by atoms with van der Waals surface area (Å²) in [7, 11) is 0. The Morgan fingerprint density at radius 3 is 2.89 bits per heavy atom. The summed E-state index contributed by atoms with van der Waals surface area (Å²) in [6.07, 6.45) is 4.08. The average molecular weight is 376 g/mol. The lowest BCUT2D eigenvalue weighted by molar-refractivity contribution is 0.102. The van der Waals surface area contributed by atoms with Crippen molar-refractivity contribution in [2.24, 2.45) is 0 Å². The first kappa shape index (κ1) is 17.0. The summed E-state index contributed by atoms with van der Waals surface area (Å²) < 4.78 is 1.50. The van der Waals surface area contributed by atoms with Crippen LogP contribution in [0.2, 0.25) is 0 Å². The number of benzene rings is 2. The molecule has 27 heavy (non-hydrogen) atoms. The van der Waals surface area contributed by atoms with Crippen LogP contribution in [0.5, 0.6) is 0 Å². The minimum atomic E-state index is -0.221. The summed E-state index contributed by atoms with van der Waals surface area (Å²) >= 11 is 1.48. The van der Waals surface area contributed by atoms with Gasteiger partial charge in [0.15, 0.2) is 5.13 Å². The molecule has 2 aromatic heterocycles. The molecule has 8 heteroatoms. The molecule has 1 N–H and O–H groups in total. The van der Waals surface area contributed by atoms with Crippen LogP contribution in [0.3, 0.4) is 0 Å². The van der Waals surface area contributed by atoms with Crippen LogP contribution < -0.4 is 5.32 Å². The third-order valence-corrected chi connectivity index (χ3v) is 4.87. The quantitative estimate of drug-likeness (QED) is 0.578. The van der Waals surface area contributed by atoms with E-state index < -0.39 is 0 Å². The second-order valence-corrected chi connectivity index (χ2v) is 7.17. The SMILES string of the molecule is Cc1cccc(Cc2cnc(NC(=O)c3cccc(-n4cnnn4)c3)s2)c1. The van der Waals surface area contributed by atoms with E-state index in [0.717, 1.165) is 11.3 Å². The number of thiazole rings is 1. The molecule has 0 aliphatic heterocycles.